The smallest absolute Gasteiger partial charge is 0.408 e. The number of amides is 4. The van der Waals surface area contributed by atoms with Gasteiger partial charge in [0.1, 0.15) is 35.1 Å². The molecule has 3 N–H and O–H groups in total. The van der Waals surface area contributed by atoms with Crippen LogP contribution < -0.4 is 24.8 Å². The summed E-state index contributed by atoms with van der Waals surface area (Å²) in [7, 11) is -0.938. The van der Waals surface area contributed by atoms with E-state index in [1.165, 1.54) is 12.0 Å². The largest absolute Gasteiger partial charge is 0.494 e. The van der Waals surface area contributed by atoms with Crippen molar-refractivity contribution in [2.75, 3.05) is 27.4 Å². The Hall–Kier alpha value is -4.44. The summed E-state index contributed by atoms with van der Waals surface area (Å²) < 4.78 is 50.8. The lowest BCUT2D eigenvalue weighted by Crippen LogP contribution is -2.60. The third-order valence-corrected chi connectivity index (χ3v) is 13.5. The first kappa shape index (κ1) is 41.2. The summed E-state index contributed by atoms with van der Waals surface area (Å²) >= 11 is 0. The normalized spacial score (nSPS) is 29.7. The van der Waals surface area contributed by atoms with E-state index in [0.717, 1.165) is 11.8 Å². The SMILES string of the molecule is COC[C@@H]1C[C@H](C)CC/C=C\[C@@H]2C[C@@]2(C(=O)NS(=O)(=O)C2(C)CC2)NC(=O)[C@@H]2C[C@@H](Oc3ncc(OC)c4ccccc34)CN2C(=O)[C@H]1NC(=O)OC(C)(C)C. The Morgan fingerprint density at radius 2 is 1.80 bits per heavy atom. The fraction of sp³-hybridized carbons (Fsp3) is 0.625. The monoisotopic (exact) mass is 797 g/mol. The molecule has 2 saturated carbocycles. The molecule has 2 aliphatic carbocycles. The van der Waals surface area contributed by atoms with Crippen LogP contribution in [0.3, 0.4) is 0 Å². The van der Waals surface area contributed by atoms with Crippen LogP contribution in [-0.4, -0.2) is 104 Å². The fourth-order valence-corrected chi connectivity index (χ4v) is 9.09. The molecule has 0 spiro atoms. The molecule has 16 heteroatoms. The highest BCUT2D eigenvalue weighted by molar-refractivity contribution is 7.91. The van der Waals surface area contributed by atoms with Crippen LogP contribution in [0.25, 0.3) is 10.8 Å². The van der Waals surface area contributed by atoms with Crippen molar-refractivity contribution in [3.8, 4) is 11.6 Å². The maximum Gasteiger partial charge on any atom is 0.408 e. The van der Waals surface area contributed by atoms with Crippen LogP contribution in [0, 0.1) is 17.8 Å². The number of methoxy groups -OCH3 is 2. The number of hydrogen-bond donors (Lipinski definition) is 3. The van der Waals surface area contributed by atoms with Gasteiger partial charge in [0, 0.05) is 36.1 Å². The molecule has 0 bridgehead atoms. The quantitative estimate of drug-likeness (QED) is 0.311. The number of ether oxygens (including phenoxy) is 4. The van der Waals surface area contributed by atoms with E-state index < -0.39 is 79.7 Å². The zero-order chi connectivity index (χ0) is 40.6. The molecule has 3 fully saturated rings. The van der Waals surface area contributed by atoms with Gasteiger partial charge in [-0.3, -0.25) is 19.1 Å². The molecule has 15 nitrogen and oxygen atoms in total. The van der Waals surface area contributed by atoms with E-state index in [9.17, 15) is 27.6 Å². The van der Waals surface area contributed by atoms with E-state index in [-0.39, 0.29) is 37.8 Å². The summed E-state index contributed by atoms with van der Waals surface area (Å²) in [6, 6.07) is 5.09. The van der Waals surface area contributed by atoms with Crippen LogP contribution in [0.15, 0.2) is 42.6 Å². The van der Waals surface area contributed by atoms with Gasteiger partial charge >= 0.3 is 6.09 Å². The molecule has 0 unspecified atom stereocenters. The third kappa shape index (κ3) is 8.75. The number of nitrogens with zero attached hydrogens (tertiary/aromatic N) is 2. The van der Waals surface area contributed by atoms with Crippen LogP contribution in [0.1, 0.15) is 79.6 Å². The zero-order valence-electron chi connectivity index (χ0n) is 33.3. The van der Waals surface area contributed by atoms with E-state index in [0.29, 0.717) is 36.8 Å². The van der Waals surface area contributed by atoms with Crippen molar-refractivity contribution in [2.24, 2.45) is 17.8 Å². The van der Waals surface area contributed by atoms with Gasteiger partial charge in [0.15, 0.2) is 0 Å². The number of carbonyl (C=O) groups excluding carboxylic acids is 4. The van der Waals surface area contributed by atoms with Crippen LogP contribution in [0.5, 0.6) is 11.6 Å². The number of benzene rings is 1. The van der Waals surface area contributed by atoms with E-state index in [1.807, 2.05) is 36.4 Å². The lowest BCUT2D eigenvalue weighted by Gasteiger charge is -2.34. The molecule has 56 heavy (non-hydrogen) atoms. The predicted molar refractivity (Wildman–Crippen MR) is 207 cm³/mol. The molecule has 3 heterocycles. The molecule has 4 aliphatic rings. The highest BCUT2D eigenvalue weighted by atomic mass is 32.2. The van der Waals surface area contributed by atoms with Crippen molar-refractivity contribution in [3.63, 3.8) is 0 Å². The van der Waals surface area contributed by atoms with E-state index in [1.54, 1.807) is 41.0 Å². The van der Waals surface area contributed by atoms with E-state index in [4.69, 9.17) is 18.9 Å². The minimum Gasteiger partial charge on any atom is -0.494 e. The number of allylic oxidation sites excluding steroid dienone is 1. The van der Waals surface area contributed by atoms with Gasteiger partial charge in [0.05, 0.1) is 31.2 Å². The number of hydrogen-bond acceptors (Lipinski definition) is 11. The summed E-state index contributed by atoms with van der Waals surface area (Å²) in [5.41, 5.74) is -2.40. The highest BCUT2D eigenvalue weighted by Crippen LogP contribution is 2.47. The molecule has 1 aromatic heterocycles. The maximum atomic E-state index is 15.0. The lowest BCUT2D eigenvalue weighted by molar-refractivity contribution is -0.142. The number of nitrogens with one attached hydrogen (secondary N) is 3. The summed E-state index contributed by atoms with van der Waals surface area (Å²) in [6.07, 6.45) is 6.74. The molecule has 1 aromatic carbocycles. The Balaban J connectivity index is 1.38. The Morgan fingerprint density at radius 1 is 1.09 bits per heavy atom. The zero-order valence-corrected chi connectivity index (χ0v) is 34.1. The van der Waals surface area contributed by atoms with Crippen LogP contribution in [-0.2, 0) is 33.9 Å². The fourth-order valence-electron chi connectivity index (χ4n) is 7.78. The van der Waals surface area contributed by atoms with Gasteiger partial charge in [-0.15, -0.1) is 0 Å². The Morgan fingerprint density at radius 3 is 2.46 bits per heavy atom. The number of pyridine rings is 1. The summed E-state index contributed by atoms with van der Waals surface area (Å²) in [5.74, 6) is -2.08. The number of carbonyl (C=O) groups is 4. The van der Waals surface area contributed by atoms with Crippen LogP contribution >= 0.6 is 0 Å². The standard InChI is InChI=1S/C40H55N5O10S/c1-24-12-8-9-13-26-20-40(26,36(48)44-56(50,51)39(5)16-17-39)43-33(46)30-19-27(54-34-29-15-11-10-14-28(29)31(53-7)21-41-34)22-45(30)35(47)32(25(18-24)23-52-6)42-37(49)55-38(2,3)4/h9-11,13-15,21,24-27,30,32H,8,12,16-20,22-23H2,1-7H3,(H,42,49)(H,43,46)(H,44,48)/b13-9-/t24-,25+,26-,27-,30+,32+,40-/m1/s1. The molecule has 7 atom stereocenters. The van der Waals surface area contributed by atoms with Gasteiger partial charge < -0.3 is 34.5 Å². The second-order valence-corrected chi connectivity index (χ2v) is 19.2. The number of sulfonamides is 1. The van der Waals surface area contributed by atoms with Crippen LogP contribution in [0.2, 0.25) is 0 Å². The molecule has 1 saturated heterocycles. The lowest BCUT2D eigenvalue weighted by atomic mass is 9.87. The average Bonchev–Trinajstić information content (AvgIpc) is 4.01. The molecular weight excluding hydrogens is 743 g/mol. The van der Waals surface area contributed by atoms with Gasteiger partial charge in [-0.25, -0.2) is 18.2 Å². The number of aromatic nitrogens is 1. The number of alkyl carbamates (subject to hydrolysis) is 1. The van der Waals surface area contributed by atoms with E-state index in [2.05, 4.69) is 27.3 Å². The summed E-state index contributed by atoms with van der Waals surface area (Å²) in [6.45, 7) is 8.89. The van der Waals surface area contributed by atoms with Gasteiger partial charge in [-0.1, -0.05) is 37.3 Å². The summed E-state index contributed by atoms with van der Waals surface area (Å²) in [5, 5.41) is 7.14. The second-order valence-electron chi connectivity index (χ2n) is 17.0. The predicted octanol–water partition coefficient (Wildman–Crippen LogP) is 4.00. The summed E-state index contributed by atoms with van der Waals surface area (Å²) in [4.78, 5) is 62.7. The Bertz CT molecular complexity index is 1980. The molecule has 2 aliphatic heterocycles. The first-order valence-electron chi connectivity index (χ1n) is 19.3. The Labute approximate surface area is 328 Å². The second kappa shape index (κ2) is 15.8. The molecule has 6 rings (SSSR count). The molecule has 0 radical (unpaired) electrons. The van der Waals surface area contributed by atoms with Crippen molar-refractivity contribution in [1.29, 1.82) is 0 Å². The highest BCUT2D eigenvalue weighted by Gasteiger charge is 2.63. The Kier molecular flexibility index (Phi) is 11.6. The van der Waals surface area contributed by atoms with Gasteiger partial charge in [0.25, 0.3) is 5.91 Å². The first-order chi connectivity index (χ1) is 26.4. The van der Waals surface area contributed by atoms with E-state index >= 15 is 0 Å². The van der Waals surface area contributed by atoms with Crippen molar-refractivity contribution < 1.29 is 46.5 Å². The van der Waals surface area contributed by atoms with Gasteiger partial charge in [-0.05, 0) is 78.2 Å². The molecular formula is C40H55N5O10S. The topological polar surface area (TPSA) is 192 Å². The number of fused-ring (bicyclic) bond motifs is 3. The molecule has 2 aromatic rings. The van der Waals surface area contributed by atoms with Crippen molar-refractivity contribution in [2.45, 2.75) is 114 Å². The number of rotatable bonds is 9. The van der Waals surface area contributed by atoms with Crippen LogP contribution in [0.4, 0.5) is 4.79 Å². The molecule has 306 valence electrons. The van der Waals surface area contributed by atoms with Gasteiger partial charge in [0.2, 0.25) is 27.7 Å². The van der Waals surface area contributed by atoms with Gasteiger partial charge in [-0.2, -0.15) is 0 Å². The maximum absolute atomic E-state index is 15.0. The minimum absolute atomic E-state index is 0.0126. The van der Waals surface area contributed by atoms with Crippen molar-refractivity contribution in [1.82, 2.24) is 25.2 Å². The third-order valence-electron chi connectivity index (χ3n) is 11.4. The molecule has 4 amide bonds. The average molecular weight is 798 g/mol. The van der Waals surface area contributed by atoms with Crippen molar-refractivity contribution >= 4 is 44.6 Å². The first-order valence-corrected chi connectivity index (χ1v) is 20.8. The van der Waals surface area contributed by atoms with Crippen molar-refractivity contribution in [3.05, 3.63) is 42.6 Å². The minimum atomic E-state index is -4.01.